The SMILES string of the molecule is C=Cc1c(F)cc(OC(F)(F)c2c(F)cc(-c3ccc(CCCC)cc3)cc2F)cc1F. The lowest BCUT2D eigenvalue weighted by atomic mass is 10.00. The van der Waals surface area contributed by atoms with E-state index in [4.69, 9.17) is 0 Å². The van der Waals surface area contributed by atoms with Gasteiger partial charge in [0.25, 0.3) is 0 Å². The van der Waals surface area contributed by atoms with Gasteiger partial charge in [-0.05, 0) is 41.7 Å². The van der Waals surface area contributed by atoms with Crippen molar-refractivity contribution in [3.8, 4) is 16.9 Å². The molecule has 0 unspecified atom stereocenters. The van der Waals surface area contributed by atoms with Gasteiger partial charge in [0.2, 0.25) is 0 Å². The van der Waals surface area contributed by atoms with Crippen molar-refractivity contribution < 1.29 is 31.1 Å². The van der Waals surface area contributed by atoms with Gasteiger partial charge in [-0.15, -0.1) is 0 Å². The summed E-state index contributed by atoms with van der Waals surface area (Å²) < 4.78 is 90.1. The second-order valence-corrected chi connectivity index (χ2v) is 7.24. The first-order valence-corrected chi connectivity index (χ1v) is 9.93. The Kier molecular flexibility index (Phi) is 6.96. The Morgan fingerprint density at radius 3 is 1.91 bits per heavy atom. The van der Waals surface area contributed by atoms with Crippen LogP contribution in [0.3, 0.4) is 0 Å². The van der Waals surface area contributed by atoms with Crippen molar-refractivity contribution in [3.05, 3.63) is 95.1 Å². The topological polar surface area (TPSA) is 9.23 Å². The average Bonchev–Trinajstić information content (AvgIpc) is 2.71. The standard InChI is InChI=1S/C25H20F6O/c1-3-5-6-15-7-9-16(10-8-15)17-11-22(28)24(23(29)12-17)25(30,31)32-18-13-20(26)19(4-2)21(27)14-18/h4,7-14H,2-3,5-6H2,1H3. The predicted molar refractivity (Wildman–Crippen MR) is 111 cm³/mol. The monoisotopic (exact) mass is 450 g/mol. The smallest absolute Gasteiger partial charge is 0.429 e. The Bertz CT molecular complexity index is 1080. The highest BCUT2D eigenvalue weighted by Gasteiger charge is 2.41. The van der Waals surface area contributed by atoms with E-state index >= 15 is 0 Å². The zero-order chi connectivity index (χ0) is 23.5. The van der Waals surface area contributed by atoms with E-state index in [0.29, 0.717) is 17.7 Å². The second-order valence-electron chi connectivity index (χ2n) is 7.24. The highest BCUT2D eigenvalue weighted by Crippen LogP contribution is 2.37. The quantitative estimate of drug-likeness (QED) is 0.316. The van der Waals surface area contributed by atoms with Crippen LogP contribution in [0.15, 0.2) is 55.1 Å². The van der Waals surface area contributed by atoms with Crippen LogP contribution in [0.1, 0.15) is 36.5 Å². The maximum absolute atomic E-state index is 14.6. The molecule has 0 atom stereocenters. The summed E-state index contributed by atoms with van der Waals surface area (Å²) in [5, 5.41) is 0. The van der Waals surface area contributed by atoms with E-state index in [-0.39, 0.29) is 5.56 Å². The van der Waals surface area contributed by atoms with Crippen molar-refractivity contribution in [2.45, 2.75) is 32.3 Å². The van der Waals surface area contributed by atoms with Crippen molar-refractivity contribution in [1.29, 1.82) is 0 Å². The molecule has 3 aromatic rings. The molecular formula is C25H20F6O. The molecule has 32 heavy (non-hydrogen) atoms. The third-order valence-electron chi connectivity index (χ3n) is 4.94. The van der Waals surface area contributed by atoms with Gasteiger partial charge in [-0.25, -0.2) is 17.6 Å². The first kappa shape index (κ1) is 23.4. The highest BCUT2D eigenvalue weighted by atomic mass is 19.3. The molecule has 168 valence electrons. The van der Waals surface area contributed by atoms with Crippen LogP contribution in [0, 0.1) is 23.3 Å². The maximum Gasteiger partial charge on any atom is 0.432 e. The number of hydrogen-bond donors (Lipinski definition) is 0. The normalized spacial score (nSPS) is 11.5. The Morgan fingerprint density at radius 1 is 0.844 bits per heavy atom. The minimum atomic E-state index is -4.52. The minimum Gasteiger partial charge on any atom is -0.429 e. The third-order valence-corrected chi connectivity index (χ3v) is 4.94. The van der Waals surface area contributed by atoms with Gasteiger partial charge in [-0.3, -0.25) is 0 Å². The molecule has 1 nitrogen and oxygen atoms in total. The van der Waals surface area contributed by atoms with E-state index in [1.807, 2.05) is 12.1 Å². The predicted octanol–water partition coefficient (Wildman–Crippen LogP) is 8.02. The second kappa shape index (κ2) is 9.51. The lowest BCUT2D eigenvalue weighted by Crippen LogP contribution is -2.25. The molecule has 0 aliphatic heterocycles. The van der Waals surface area contributed by atoms with Crippen LogP contribution in [0.4, 0.5) is 26.3 Å². The number of hydrogen-bond acceptors (Lipinski definition) is 1. The van der Waals surface area contributed by atoms with Gasteiger partial charge < -0.3 is 4.74 Å². The molecule has 7 heteroatoms. The summed E-state index contributed by atoms with van der Waals surface area (Å²) in [6.45, 7) is 5.27. The van der Waals surface area contributed by atoms with Crippen molar-refractivity contribution in [1.82, 2.24) is 0 Å². The third kappa shape index (κ3) is 4.98. The lowest BCUT2D eigenvalue weighted by molar-refractivity contribution is -0.189. The summed E-state index contributed by atoms with van der Waals surface area (Å²) in [5.41, 5.74) is -0.635. The van der Waals surface area contributed by atoms with Crippen LogP contribution >= 0.6 is 0 Å². The number of halogens is 6. The van der Waals surface area contributed by atoms with Crippen LogP contribution in [-0.4, -0.2) is 0 Å². The fourth-order valence-corrected chi connectivity index (χ4v) is 3.28. The molecule has 0 saturated carbocycles. The first-order valence-electron chi connectivity index (χ1n) is 9.93. The number of alkyl halides is 2. The molecule has 0 heterocycles. The molecule has 0 amide bonds. The van der Waals surface area contributed by atoms with Crippen LogP contribution in [0.2, 0.25) is 0 Å². The van der Waals surface area contributed by atoms with Crippen LogP contribution < -0.4 is 4.74 Å². The summed E-state index contributed by atoms with van der Waals surface area (Å²) >= 11 is 0. The molecule has 0 aromatic heterocycles. The molecule has 0 spiro atoms. The Labute approximate surface area is 182 Å². The maximum atomic E-state index is 14.6. The molecule has 0 fully saturated rings. The lowest BCUT2D eigenvalue weighted by Gasteiger charge is -2.20. The Balaban J connectivity index is 1.90. The van der Waals surface area contributed by atoms with E-state index in [0.717, 1.165) is 43.0 Å². The van der Waals surface area contributed by atoms with E-state index in [2.05, 4.69) is 18.2 Å². The highest BCUT2D eigenvalue weighted by molar-refractivity contribution is 5.64. The van der Waals surface area contributed by atoms with Gasteiger partial charge in [-0.2, -0.15) is 8.78 Å². The minimum absolute atomic E-state index is 0.0639. The Hall–Kier alpha value is -3.22. The summed E-state index contributed by atoms with van der Waals surface area (Å²) in [7, 11) is 0. The molecule has 0 aliphatic carbocycles. The van der Waals surface area contributed by atoms with E-state index in [9.17, 15) is 26.3 Å². The van der Waals surface area contributed by atoms with E-state index in [1.165, 1.54) is 0 Å². The van der Waals surface area contributed by atoms with Crippen molar-refractivity contribution in [3.63, 3.8) is 0 Å². The molecule has 0 aliphatic rings. The number of rotatable bonds is 8. The molecule has 0 bridgehead atoms. The van der Waals surface area contributed by atoms with Gasteiger partial charge in [0.15, 0.2) is 0 Å². The summed E-state index contributed by atoms with van der Waals surface area (Å²) in [6.07, 6.45) is -0.784. The van der Waals surface area contributed by atoms with E-state index in [1.54, 1.807) is 12.1 Å². The van der Waals surface area contributed by atoms with Crippen LogP contribution in [0.5, 0.6) is 5.75 Å². The largest absolute Gasteiger partial charge is 0.432 e. The summed E-state index contributed by atoms with van der Waals surface area (Å²) in [4.78, 5) is 0. The van der Waals surface area contributed by atoms with E-state index < -0.39 is 46.3 Å². The zero-order valence-corrected chi connectivity index (χ0v) is 17.2. The molecule has 0 radical (unpaired) electrons. The fraction of sp³-hybridized carbons (Fsp3) is 0.200. The number of aryl methyl sites for hydroxylation is 1. The summed E-state index contributed by atoms with van der Waals surface area (Å²) in [6, 6.07) is 9.42. The number of ether oxygens (including phenoxy) is 1. The molecule has 0 N–H and O–H groups in total. The van der Waals surface area contributed by atoms with Gasteiger partial charge in [0, 0.05) is 17.7 Å². The summed E-state index contributed by atoms with van der Waals surface area (Å²) in [5.74, 6) is -6.44. The Morgan fingerprint density at radius 2 is 1.41 bits per heavy atom. The first-order chi connectivity index (χ1) is 15.2. The van der Waals surface area contributed by atoms with Gasteiger partial charge >= 0.3 is 6.11 Å². The van der Waals surface area contributed by atoms with Crippen molar-refractivity contribution in [2.75, 3.05) is 0 Å². The number of benzene rings is 3. The van der Waals surface area contributed by atoms with Crippen molar-refractivity contribution >= 4 is 6.08 Å². The molecule has 3 rings (SSSR count). The van der Waals surface area contributed by atoms with Gasteiger partial charge in [-0.1, -0.05) is 50.3 Å². The molecule has 0 saturated heterocycles. The fourth-order valence-electron chi connectivity index (χ4n) is 3.28. The van der Waals surface area contributed by atoms with Crippen LogP contribution in [-0.2, 0) is 12.5 Å². The average molecular weight is 450 g/mol. The number of unbranched alkanes of at least 4 members (excludes halogenated alkanes) is 1. The van der Waals surface area contributed by atoms with Gasteiger partial charge in [0.1, 0.15) is 34.6 Å². The molecular weight excluding hydrogens is 430 g/mol. The molecule has 3 aromatic carbocycles. The zero-order valence-electron chi connectivity index (χ0n) is 17.2. The van der Waals surface area contributed by atoms with Crippen molar-refractivity contribution in [2.24, 2.45) is 0 Å². The van der Waals surface area contributed by atoms with Gasteiger partial charge in [0.05, 0.1) is 0 Å². The van der Waals surface area contributed by atoms with Crippen LogP contribution in [0.25, 0.3) is 17.2 Å².